The van der Waals surface area contributed by atoms with Crippen LogP contribution in [0.15, 0.2) is 46.1 Å². The Balaban J connectivity index is 1.56. The van der Waals surface area contributed by atoms with Crippen molar-refractivity contribution < 1.29 is 9.31 Å². The molecule has 0 spiro atoms. The molecule has 0 unspecified atom stereocenters. The zero-order chi connectivity index (χ0) is 23.3. The second-order valence-electron chi connectivity index (χ2n) is 9.27. The van der Waals surface area contributed by atoms with Crippen molar-refractivity contribution in [2.45, 2.75) is 63.4 Å². The summed E-state index contributed by atoms with van der Waals surface area (Å²) in [6.07, 6.45) is 0. The molecular formula is C23H29BN4O3S. The molecule has 1 fully saturated rings. The number of benzene rings is 2. The Labute approximate surface area is 193 Å². The van der Waals surface area contributed by atoms with Crippen molar-refractivity contribution in [3.63, 3.8) is 0 Å². The summed E-state index contributed by atoms with van der Waals surface area (Å²) in [5.41, 5.74) is 4.14. The van der Waals surface area contributed by atoms with Crippen LogP contribution in [0.3, 0.4) is 0 Å². The standard InChI is InChI=1S/C23H29BN4O3S/c1-15-9-8-10-19(28-21(29)27(7)25-26-28)18(15)14-32-20-12-11-17(13-16(20)2)24-30-22(3,4)23(5,6)31-24/h8-13H,14H2,1-7H3. The zero-order valence-electron chi connectivity index (χ0n) is 19.7. The van der Waals surface area contributed by atoms with Gasteiger partial charge in [0.25, 0.3) is 0 Å². The van der Waals surface area contributed by atoms with Crippen LogP contribution in [0.5, 0.6) is 0 Å². The first-order chi connectivity index (χ1) is 15.0. The fourth-order valence-corrected chi connectivity index (χ4v) is 4.77. The van der Waals surface area contributed by atoms with E-state index in [2.05, 4.69) is 76.2 Å². The molecule has 0 aliphatic carbocycles. The number of tetrazole rings is 1. The maximum atomic E-state index is 12.4. The number of nitrogens with zero attached hydrogens (tertiary/aromatic N) is 4. The Morgan fingerprint density at radius 2 is 1.69 bits per heavy atom. The van der Waals surface area contributed by atoms with Gasteiger partial charge >= 0.3 is 12.8 Å². The van der Waals surface area contributed by atoms with Crippen LogP contribution < -0.4 is 11.2 Å². The molecule has 0 N–H and O–H groups in total. The van der Waals surface area contributed by atoms with Crippen molar-refractivity contribution in [3.8, 4) is 5.69 Å². The highest BCUT2D eigenvalue weighted by atomic mass is 32.2. The highest BCUT2D eigenvalue weighted by Gasteiger charge is 2.51. The molecule has 0 bridgehead atoms. The van der Waals surface area contributed by atoms with Crippen molar-refractivity contribution >= 4 is 24.3 Å². The van der Waals surface area contributed by atoms with Gasteiger partial charge in [0.2, 0.25) is 0 Å². The lowest BCUT2D eigenvalue weighted by Gasteiger charge is -2.32. The smallest absolute Gasteiger partial charge is 0.399 e. The van der Waals surface area contributed by atoms with Crippen LogP contribution in [0, 0.1) is 13.8 Å². The highest BCUT2D eigenvalue weighted by Crippen LogP contribution is 2.37. The largest absolute Gasteiger partial charge is 0.494 e. The van der Waals surface area contributed by atoms with E-state index in [-0.39, 0.29) is 24.0 Å². The van der Waals surface area contributed by atoms with E-state index in [1.54, 1.807) is 18.8 Å². The van der Waals surface area contributed by atoms with Crippen molar-refractivity contribution in [2.75, 3.05) is 0 Å². The van der Waals surface area contributed by atoms with E-state index in [1.807, 2.05) is 12.1 Å². The minimum atomic E-state index is -0.371. The van der Waals surface area contributed by atoms with Crippen LogP contribution in [-0.2, 0) is 22.1 Å². The number of aromatic nitrogens is 4. The highest BCUT2D eigenvalue weighted by molar-refractivity contribution is 7.98. The normalized spacial score (nSPS) is 17.2. The van der Waals surface area contributed by atoms with Gasteiger partial charge in [0.15, 0.2) is 0 Å². The fraction of sp³-hybridized carbons (Fsp3) is 0.435. The van der Waals surface area contributed by atoms with Gasteiger partial charge in [-0.05, 0) is 86.3 Å². The number of hydrogen-bond donors (Lipinski definition) is 0. The molecule has 0 amide bonds. The molecule has 0 atom stereocenters. The van der Waals surface area contributed by atoms with Crippen LogP contribution in [0.4, 0.5) is 0 Å². The Morgan fingerprint density at radius 3 is 2.28 bits per heavy atom. The van der Waals surface area contributed by atoms with Crippen molar-refractivity contribution in [1.82, 2.24) is 19.8 Å². The maximum absolute atomic E-state index is 12.4. The maximum Gasteiger partial charge on any atom is 0.494 e. The second-order valence-corrected chi connectivity index (χ2v) is 10.3. The molecule has 3 aromatic rings. The Bertz CT molecular complexity index is 1200. The minimum Gasteiger partial charge on any atom is -0.399 e. The lowest BCUT2D eigenvalue weighted by Crippen LogP contribution is -2.41. The van der Waals surface area contributed by atoms with Gasteiger partial charge < -0.3 is 9.31 Å². The lowest BCUT2D eigenvalue weighted by atomic mass is 9.78. The zero-order valence-corrected chi connectivity index (χ0v) is 20.5. The third-order valence-corrected chi connectivity index (χ3v) is 7.63. The topological polar surface area (TPSA) is 71.2 Å². The lowest BCUT2D eigenvalue weighted by molar-refractivity contribution is 0.00578. The fourth-order valence-electron chi connectivity index (χ4n) is 3.65. The van der Waals surface area contributed by atoms with Crippen LogP contribution in [0.25, 0.3) is 5.69 Å². The second kappa shape index (κ2) is 8.21. The number of hydrogen-bond acceptors (Lipinski definition) is 6. The van der Waals surface area contributed by atoms with Crippen molar-refractivity contribution in [3.05, 3.63) is 63.6 Å². The van der Waals surface area contributed by atoms with Crippen molar-refractivity contribution in [1.29, 1.82) is 0 Å². The van der Waals surface area contributed by atoms with E-state index < -0.39 is 0 Å². The molecule has 1 aromatic heterocycles. The Morgan fingerprint density at radius 1 is 1.00 bits per heavy atom. The summed E-state index contributed by atoms with van der Waals surface area (Å²) in [5, 5.41) is 7.87. The SMILES string of the molecule is Cc1cc(B2OC(C)(C)C(C)(C)O2)ccc1SCc1c(C)cccc1-n1nnn(C)c1=O. The summed E-state index contributed by atoms with van der Waals surface area (Å²) in [6, 6.07) is 12.2. The number of rotatable bonds is 5. The van der Waals surface area contributed by atoms with E-state index in [0.717, 1.165) is 27.8 Å². The van der Waals surface area contributed by atoms with E-state index >= 15 is 0 Å². The van der Waals surface area contributed by atoms with Crippen LogP contribution >= 0.6 is 11.8 Å². The van der Waals surface area contributed by atoms with Gasteiger partial charge in [-0.3, -0.25) is 0 Å². The minimum absolute atomic E-state index is 0.259. The van der Waals surface area contributed by atoms with Crippen LogP contribution in [-0.4, -0.2) is 38.1 Å². The Kier molecular flexibility index (Phi) is 5.85. The van der Waals surface area contributed by atoms with Gasteiger partial charge in [0.05, 0.1) is 16.9 Å². The van der Waals surface area contributed by atoms with Crippen LogP contribution in [0.1, 0.15) is 44.4 Å². The third kappa shape index (κ3) is 4.05. The average Bonchev–Trinajstić information content (AvgIpc) is 3.16. The molecule has 2 heterocycles. The predicted octanol–water partition coefficient (Wildman–Crippen LogP) is 3.17. The van der Waals surface area contributed by atoms with E-state index in [4.69, 9.17) is 9.31 Å². The first kappa shape index (κ1) is 22.8. The van der Waals surface area contributed by atoms with Crippen LogP contribution in [0.2, 0.25) is 0 Å². The quantitative estimate of drug-likeness (QED) is 0.438. The molecule has 1 aliphatic heterocycles. The van der Waals surface area contributed by atoms with Gasteiger partial charge in [0.1, 0.15) is 0 Å². The molecule has 9 heteroatoms. The molecule has 1 aliphatic rings. The summed E-state index contributed by atoms with van der Waals surface area (Å²) >= 11 is 1.73. The molecule has 0 saturated carbocycles. The molecule has 1 saturated heterocycles. The summed E-state index contributed by atoms with van der Waals surface area (Å²) < 4.78 is 15.0. The summed E-state index contributed by atoms with van der Waals surface area (Å²) in [7, 11) is 1.23. The van der Waals surface area contributed by atoms with E-state index in [1.165, 1.54) is 14.3 Å². The summed E-state index contributed by atoms with van der Waals surface area (Å²) in [4.78, 5) is 13.6. The molecule has 2 aromatic carbocycles. The predicted molar refractivity (Wildman–Crippen MR) is 128 cm³/mol. The Hall–Kier alpha value is -2.36. The number of thioether (sulfide) groups is 1. The molecule has 7 nitrogen and oxygen atoms in total. The molecule has 168 valence electrons. The van der Waals surface area contributed by atoms with Gasteiger partial charge in [-0.1, -0.05) is 24.3 Å². The first-order valence-electron chi connectivity index (χ1n) is 10.7. The molecule has 32 heavy (non-hydrogen) atoms. The molecule has 4 rings (SSSR count). The van der Waals surface area contributed by atoms with Gasteiger partial charge in [-0.2, -0.15) is 9.36 Å². The van der Waals surface area contributed by atoms with Gasteiger partial charge in [-0.15, -0.1) is 11.8 Å². The third-order valence-electron chi connectivity index (χ3n) is 6.43. The van der Waals surface area contributed by atoms with E-state index in [9.17, 15) is 4.79 Å². The monoisotopic (exact) mass is 452 g/mol. The summed E-state index contributed by atoms with van der Waals surface area (Å²) in [5.74, 6) is 0.710. The average molecular weight is 452 g/mol. The van der Waals surface area contributed by atoms with Gasteiger partial charge in [-0.25, -0.2) is 4.79 Å². The summed E-state index contributed by atoms with van der Waals surface area (Å²) in [6.45, 7) is 12.4. The van der Waals surface area contributed by atoms with Crippen molar-refractivity contribution in [2.24, 2.45) is 7.05 Å². The first-order valence-corrected chi connectivity index (χ1v) is 11.7. The number of aryl methyl sites for hydroxylation is 3. The van der Waals surface area contributed by atoms with E-state index in [0.29, 0.717) is 5.75 Å². The van der Waals surface area contributed by atoms with Gasteiger partial charge in [0, 0.05) is 17.7 Å². The molecule has 0 radical (unpaired) electrons. The molecular weight excluding hydrogens is 423 g/mol.